The predicted octanol–water partition coefficient (Wildman–Crippen LogP) is 3.50. The number of nitrogens with zero attached hydrogens (tertiary/aromatic N) is 3. The molecule has 1 atom stereocenters. The first-order valence-corrected chi connectivity index (χ1v) is 13.4. The fraction of sp³-hybridized carbons (Fsp3) is 0.542. The van der Waals surface area contributed by atoms with Crippen molar-refractivity contribution in [2.75, 3.05) is 23.3 Å². The van der Waals surface area contributed by atoms with Gasteiger partial charge in [0.25, 0.3) is 15.9 Å². The van der Waals surface area contributed by atoms with Crippen LogP contribution in [0.2, 0.25) is 0 Å². The minimum atomic E-state index is -4.82. The Balaban J connectivity index is 2.10. The van der Waals surface area contributed by atoms with E-state index in [1.54, 1.807) is 27.8 Å². The second-order valence-electron chi connectivity index (χ2n) is 10.3. The van der Waals surface area contributed by atoms with E-state index >= 15 is 0 Å². The molecule has 1 aromatic carbocycles. The number of methoxy groups -OCH3 is 1. The highest BCUT2D eigenvalue weighted by Crippen LogP contribution is 2.42. The number of hydrogen-bond donors (Lipinski definition) is 2. The molecule has 222 valence electrons. The number of nitrogens with one attached hydrogen (secondary N) is 2. The van der Waals surface area contributed by atoms with Crippen LogP contribution in [0, 0.1) is 6.92 Å². The lowest BCUT2D eigenvalue weighted by Crippen LogP contribution is -2.60. The summed E-state index contributed by atoms with van der Waals surface area (Å²) in [6.07, 6.45) is -7.10. The molecule has 0 aliphatic carbocycles. The molecule has 40 heavy (non-hydrogen) atoms. The number of ether oxygens (including phenoxy) is 3. The van der Waals surface area contributed by atoms with Crippen LogP contribution >= 0.6 is 0 Å². The normalized spacial score (nSPS) is 16.1. The quantitative estimate of drug-likeness (QED) is 0.499. The maximum absolute atomic E-state index is 14.1. The van der Waals surface area contributed by atoms with E-state index in [9.17, 15) is 31.2 Å². The van der Waals surface area contributed by atoms with Gasteiger partial charge in [-0.15, -0.1) is 5.10 Å². The van der Waals surface area contributed by atoms with E-state index < -0.39 is 39.5 Å². The number of halogens is 3. The zero-order chi connectivity index (χ0) is 30.4. The van der Waals surface area contributed by atoms with Crippen LogP contribution in [0.5, 0.6) is 11.6 Å². The number of carbonyl (C=O) groups excluding carboxylic acids is 2. The number of rotatable bonds is 7. The Labute approximate surface area is 229 Å². The standard InChI is InChI=1S/C24H32F3N5O7S/c1-13-19(20(37-8)30-31(13)7)40(35,36)32-12-18(22(3,4)29-14(2)33)38-17-10-9-15(11-16(17)32)28-21(34)39-23(5,6)24(25,26)27/h9-11,18H,12H2,1-8H3,(H,28,34)(H,29,33)/t18-/m1/s1. The van der Waals surface area contributed by atoms with Gasteiger partial charge < -0.3 is 19.5 Å². The first-order chi connectivity index (χ1) is 18.2. The number of aryl methyl sites for hydroxylation is 1. The van der Waals surface area contributed by atoms with Crippen LogP contribution in [0.25, 0.3) is 0 Å². The van der Waals surface area contributed by atoms with Gasteiger partial charge in [-0.25, -0.2) is 13.2 Å². The Hall–Kier alpha value is -3.69. The zero-order valence-corrected chi connectivity index (χ0v) is 24.1. The monoisotopic (exact) mass is 591 g/mol. The summed E-state index contributed by atoms with van der Waals surface area (Å²) in [4.78, 5) is 23.9. The van der Waals surface area contributed by atoms with Gasteiger partial charge in [0.2, 0.25) is 11.5 Å². The lowest BCUT2D eigenvalue weighted by Gasteiger charge is -2.42. The number of alkyl halides is 3. The molecule has 2 amide bonds. The lowest BCUT2D eigenvalue weighted by molar-refractivity contribution is -0.242. The van der Waals surface area contributed by atoms with Crippen molar-refractivity contribution in [3.05, 3.63) is 23.9 Å². The molecule has 0 spiro atoms. The number of amides is 2. The van der Waals surface area contributed by atoms with Gasteiger partial charge in [-0.05, 0) is 52.8 Å². The van der Waals surface area contributed by atoms with Gasteiger partial charge in [0.15, 0.2) is 4.90 Å². The van der Waals surface area contributed by atoms with Crippen molar-refractivity contribution in [1.82, 2.24) is 15.1 Å². The molecule has 0 saturated carbocycles. The van der Waals surface area contributed by atoms with Crippen LogP contribution in [0.3, 0.4) is 0 Å². The van der Waals surface area contributed by atoms with E-state index in [0.717, 1.165) is 4.31 Å². The third-order valence-corrected chi connectivity index (χ3v) is 8.31. The Morgan fingerprint density at radius 2 is 1.80 bits per heavy atom. The van der Waals surface area contributed by atoms with Crippen LogP contribution in [-0.2, 0) is 26.6 Å². The Morgan fingerprint density at radius 1 is 1.18 bits per heavy atom. The highest BCUT2D eigenvalue weighted by Gasteiger charge is 2.51. The molecule has 1 aliphatic heterocycles. The fourth-order valence-electron chi connectivity index (χ4n) is 4.00. The largest absolute Gasteiger partial charge is 0.484 e. The van der Waals surface area contributed by atoms with Gasteiger partial charge in [0.05, 0.1) is 30.6 Å². The topological polar surface area (TPSA) is 141 Å². The van der Waals surface area contributed by atoms with E-state index in [1.165, 1.54) is 36.9 Å². The number of hydrogen-bond acceptors (Lipinski definition) is 8. The van der Waals surface area contributed by atoms with E-state index in [1.807, 2.05) is 0 Å². The summed E-state index contributed by atoms with van der Waals surface area (Å²) in [5.74, 6) is -0.440. The van der Waals surface area contributed by atoms with E-state index in [2.05, 4.69) is 20.5 Å². The number of aromatic nitrogens is 2. The average molecular weight is 592 g/mol. The van der Waals surface area contributed by atoms with Crippen molar-refractivity contribution in [2.24, 2.45) is 7.05 Å². The van der Waals surface area contributed by atoms with Crippen molar-refractivity contribution in [3.8, 4) is 11.6 Å². The minimum Gasteiger partial charge on any atom is -0.484 e. The summed E-state index contributed by atoms with van der Waals surface area (Å²) >= 11 is 0. The third kappa shape index (κ3) is 5.90. The number of fused-ring (bicyclic) bond motifs is 1. The number of anilines is 2. The molecule has 16 heteroatoms. The summed E-state index contributed by atoms with van der Waals surface area (Å²) in [5, 5.41) is 9.05. The van der Waals surface area contributed by atoms with Gasteiger partial charge in [-0.2, -0.15) is 13.2 Å². The predicted molar refractivity (Wildman–Crippen MR) is 138 cm³/mol. The molecule has 2 heterocycles. The summed E-state index contributed by atoms with van der Waals surface area (Å²) in [6.45, 7) is 7.30. The van der Waals surface area contributed by atoms with E-state index in [0.29, 0.717) is 13.8 Å². The highest BCUT2D eigenvalue weighted by molar-refractivity contribution is 7.93. The molecule has 2 aromatic rings. The number of sulfonamides is 1. The number of benzene rings is 1. The molecular weight excluding hydrogens is 559 g/mol. The van der Waals surface area contributed by atoms with Gasteiger partial charge in [-0.1, -0.05) is 0 Å². The second-order valence-corrected chi connectivity index (χ2v) is 12.1. The molecule has 3 rings (SSSR count). The molecule has 1 aromatic heterocycles. The SMILES string of the molecule is COc1nn(C)c(C)c1S(=O)(=O)N1C[C@H](C(C)(C)NC(C)=O)Oc2ccc(NC(=O)OC(C)(C)C(F)(F)F)cc21. The third-order valence-electron chi connectivity index (χ3n) is 6.40. The molecule has 0 radical (unpaired) electrons. The first kappa shape index (κ1) is 30.8. The van der Waals surface area contributed by atoms with Crippen molar-refractivity contribution in [1.29, 1.82) is 0 Å². The zero-order valence-electron chi connectivity index (χ0n) is 23.3. The summed E-state index contributed by atoms with van der Waals surface area (Å²) in [7, 11) is -1.59. The summed E-state index contributed by atoms with van der Waals surface area (Å²) < 4.78 is 85.9. The van der Waals surface area contributed by atoms with E-state index in [4.69, 9.17) is 9.47 Å². The van der Waals surface area contributed by atoms with Crippen LogP contribution in [0.1, 0.15) is 40.3 Å². The number of carbonyl (C=O) groups is 2. The fourth-order valence-corrected chi connectivity index (χ4v) is 5.80. The smallest absolute Gasteiger partial charge is 0.427 e. The Bertz CT molecular complexity index is 1420. The molecule has 2 N–H and O–H groups in total. The van der Waals surface area contributed by atoms with Gasteiger partial charge in [0, 0.05) is 19.7 Å². The van der Waals surface area contributed by atoms with Crippen LogP contribution in [-0.4, -0.2) is 67.3 Å². The summed E-state index contributed by atoms with van der Waals surface area (Å²) in [5.41, 5.74) is -3.61. The average Bonchev–Trinajstić information content (AvgIpc) is 3.10. The minimum absolute atomic E-state index is 0.0203. The molecule has 0 unspecified atom stereocenters. The van der Waals surface area contributed by atoms with Gasteiger partial charge in [-0.3, -0.25) is 19.1 Å². The molecular formula is C24H32F3N5O7S. The van der Waals surface area contributed by atoms with Crippen LogP contribution in [0.15, 0.2) is 23.1 Å². The van der Waals surface area contributed by atoms with Crippen molar-refractivity contribution >= 4 is 33.4 Å². The molecule has 12 nitrogen and oxygen atoms in total. The molecule has 0 fully saturated rings. The second kappa shape index (κ2) is 10.4. The maximum Gasteiger partial charge on any atom is 0.427 e. The van der Waals surface area contributed by atoms with E-state index in [-0.39, 0.29) is 46.0 Å². The van der Waals surface area contributed by atoms with Crippen molar-refractivity contribution < 1.29 is 45.4 Å². The van der Waals surface area contributed by atoms with Crippen molar-refractivity contribution in [2.45, 2.75) is 69.9 Å². The van der Waals surface area contributed by atoms with Gasteiger partial charge in [0.1, 0.15) is 11.9 Å². The van der Waals surface area contributed by atoms with Crippen molar-refractivity contribution in [3.63, 3.8) is 0 Å². The van der Waals surface area contributed by atoms with Crippen LogP contribution < -0.4 is 24.4 Å². The molecule has 0 bridgehead atoms. The van der Waals surface area contributed by atoms with Crippen LogP contribution in [0.4, 0.5) is 29.3 Å². The Kier molecular flexibility index (Phi) is 8.00. The molecule has 1 aliphatic rings. The first-order valence-electron chi connectivity index (χ1n) is 12.0. The highest BCUT2D eigenvalue weighted by atomic mass is 32.2. The lowest BCUT2D eigenvalue weighted by atomic mass is 9.95. The molecule has 0 saturated heterocycles. The summed E-state index contributed by atoms with van der Waals surface area (Å²) in [6, 6.07) is 3.90. The Morgan fingerprint density at radius 3 is 2.35 bits per heavy atom. The maximum atomic E-state index is 14.1. The van der Waals surface area contributed by atoms with Gasteiger partial charge >= 0.3 is 12.3 Å².